The van der Waals surface area contributed by atoms with Crippen molar-refractivity contribution < 1.29 is 8.42 Å². The Kier molecular flexibility index (Phi) is 5.27. The van der Waals surface area contributed by atoms with Crippen LogP contribution in [0.1, 0.15) is 18.2 Å². The summed E-state index contributed by atoms with van der Waals surface area (Å²) in [5, 5.41) is 0.626. The molecule has 0 amide bonds. The number of sulfonamides is 1. The molecule has 1 unspecified atom stereocenters. The lowest BCUT2D eigenvalue weighted by Gasteiger charge is -2.14. The Hall–Kier alpha value is -0.660. The van der Waals surface area contributed by atoms with E-state index in [1.807, 2.05) is 18.2 Å². The maximum absolute atomic E-state index is 12.3. The lowest BCUT2D eigenvalue weighted by Crippen LogP contribution is -2.34. The molecule has 1 atom stereocenters. The zero-order valence-corrected chi connectivity index (χ0v) is 14.6. The van der Waals surface area contributed by atoms with Gasteiger partial charge in [-0.1, -0.05) is 52.7 Å². The first-order valence-corrected chi connectivity index (χ1v) is 9.24. The molecule has 0 radical (unpaired) electrons. The summed E-state index contributed by atoms with van der Waals surface area (Å²) in [7, 11) is -3.62. The molecule has 21 heavy (non-hydrogen) atoms. The molecule has 1 heterocycles. The van der Waals surface area contributed by atoms with Gasteiger partial charge in [0.2, 0.25) is 0 Å². The summed E-state index contributed by atoms with van der Waals surface area (Å²) in [6.07, 6.45) is 0.504. The summed E-state index contributed by atoms with van der Waals surface area (Å²) in [5.41, 5.74) is 1.30. The van der Waals surface area contributed by atoms with E-state index in [0.717, 1.165) is 16.9 Å². The summed E-state index contributed by atoms with van der Waals surface area (Å²) >= 11 is 12.8. The fourth-order valence-electron chi connectivity index (χ4n) is 1.95. The molecular weight excluding hydrogens is 351 g/mol. The average molecular weight is 365 g/mol. The molecule has 0 bridgehead atoms. The molecule has 2 aromatic rings. The number of benzene rings is 1. The van der Waals surface area contributed by atoms with Crippen LogP contribution in [0.2, 0.25) is 9.49 Å². The zero-order chi connectivity index (χ0) is 15.6. The molecule has 0 fully saturated rings. The van der Waals surface area contributed by atoms with Gasteiger partial charge < -0.3 is 0 Å². The fraction of sp³-hybridized carbons (Fsp3) is 0.308. The third-order valence-electron chi connectivity index (χ3n) is 2.81. The summed E-state index contributed by atoms with van der Waals surface area (Å²) in [6, 6.07) is 7.07. The first kappa shape index (κ1) is 16.7. The lowest BCUT2D eigenvalue weighted by atomic mass is 10.1. The second-order valence-electron chi connectivity index (χ2n) is 4.66. The van der Waals surface area contributed by atoms with Gasteiger partial charge in [-0.25, -0.2) is 18.1 Å². The zero-order valence-electron chi connectivity index (χ0n) is 11.4. The van der Waals surface area contributed by atoms with E-state index in [0.29, 0.717) is 17.1 Å². The monoisotopic (exact) mass is 364 g/mol. The van der Waals surface area contributed by atoms with Gasteiger partial charge in [0.05, 0.1) is 5.69 Å². The maximum Gasteiger partial charge on any atom is 0.252 e. The molecule has 0 aliphatic heterocycles. The first-order chi connectivity index (χ1) is 9.79. The number of halogens is 2. The second kappa shape index (κ2) is 6.62. The van der Waals surface area contributed by atoms with Gasteiger partial charge in [0.15, 0.2) is 8.68 Å². The largest absolute Gasteiger partial charge is 0.252 e. The van der Waals surface area contributed by atoms with E-state index in [2.05, 4.69) is 9.71 Å². The Morgan fingerprint density at radius 3 is 2.57 bits per heavy atom. The number of aromatic nitrogens is 1. The van der Waals surface area contributed by atoms with Crippen molar-refractivity contribution in [1.82, 2.24) is 9.71 Å². The topological polar surface area (TPSA) is 59.1 Å². The molecule has 0 aliphatic rings. The van der Waals surface area contributed by atoms with E-state index in [9.17, 15) is 8.42 Å². The van der Waals surface area contributed by atoms with Gasteiger partial charge in [0.25, 0.3) is 10.0 Å². The number of aryl methyl sites for hydroxylation is 1. The maximum atomic E-state index is 12.3. The minimum Gasteiger partial charge on any atom is -0.229 e. The molecule has 8 heteroatoms. The highest BCUT2D eigenvalue weighted by atomic mass is 35.5. The molecule has 114 valence electrons. The Morgan fingerprint density at radius 2 is 2.00 bits per heavy atom. The van der Waals surface area contributed by atoms with Crippen LogP contribution in [0.5, 0.6) is 0 Å². The standard InChI is InChI=1S/C13H14Cl2N2O2S2/c1-8(7-10-5-3-4-6-11(10)14)17-21(18,19)12-9(2)16-13(15)20-12/h3-6,8,17H,7H2,1-2H3. The van der Waals surface area contributed by atoms with Gasteiger partial charge in [0, 0.05) is 11.1 Å². The van der Waals surface area contributed by atoms with Crippen LogP contribution in [-0.2, 0) is 16.4 Å². The normalized spacial score (nSPS) is 13.3. The van der Waals surface area contributed by atoms with Crippen LogP contribution >= 0.6 is 34.5 Å². The Labute approximate surface area is 138 Å². The van der Waals surface area contributed by atoms with Gasteiger partial charge in [0.1, 0.15) is 0 Å². The van der Waals surface area contributed by atoms with Crippen LogP contribution in [-0.4, -0.2) is 19.4 Å². The third-order valence-corrected chi connectivity index (χ3v) is 6.64. The quantitative estimate of drug-likeness (QED) is 0.880. The lowest BCUT2D eigenvalue weighted by molar-refractivity contribution is 0.561. The molecular formula is C13H14Cl2N2O2S2. The summed E-state index contributed by atoms with van der Waals surface area (Å²) < 4.78 is 27.6. The van der Waals surface area contributed by atoms with Crippen LogP contribution in [0.15, 0.2) is 28.5 Å². The average Bonchev–Trinajstić information content (AvgIpc) is 2.71. The molecule has 0 saturated carbocycles. The Balaban J connectivity index is 2.14. The van der Waals surface area contributed by atoms with Crippen LogP contribution in [0.4, 0.5) is 0 Å². The summed E-state index contributed by atoms with van der Waals surface area (Å²) in [5.74, 6) is 0. The van der Waals surface area contributed by atoms with E-state index in [-0.39, 0.29) is 14.7 Å². The first-order valence-electron chi connectivity index (χ1n) is 6.18. The molecule has 1 aromatic carbocycles. The van der Waals surface area contributed by atoms with E-state index in [1.54, 1.807) is 19.9 Å². The van der Waals surface area contributed by atoms with Crippen LogP contribution in [0, 0.1) is 6.92 Å². The van der Waals surface area contributed by atoms with Crippen molar-refractivity contribution in [2.75, 3.05) is 0 Å². The van der Waals surface area contributed by atoms with Gasteiger partial charge in [-0.15, -0.1) is 0 Å². The van der Waals surface area contributed by atoms with Crippen molar-refractivity contribution in [3.8, 4) is 0 Å². The predicted molar refractivity (Wildman–Crippen MR) is 86.8 cm³/mol. The van der Waals surface area contributed by atoms with Crippen molar-refractivity contribution in [2.45, 2.75) is 30.5 Å². The molecule has 2 rings (SSSR count). The molecule has 1 N–H and O–H groups in total. The predicted octanol–water partition coefficient (Wildman–Crippen LogP) is 3.67. The number of rotatable bonds is 5. The Bertz CT molecular complexity index is 744. The van der Waals surface area contributed by atoms with Crippen LogP contribution in [0.3, 0.4) is 0 Å². The highest BCUT2D eigenvalue weighted by Gasteiger charge is 2.23. The van der Waals surface area contributed by atoms with Gasteiger partial charge in [-0.2, -0.15) is 0 Å². The van der Waals surface area contributed by atoms with E-state index < -0.39 is 10.0 Å². The summed E-state index contributed by atoms with van der Waals surface area (Å²) in [4.78, 5) is 3.93. The van der Waals surface area contributed by atoms with Crippen LogP contribution < -0.4 is 4.72 Å². The molecule has 4 nitrogen and oxygen atoms in total. The number of thiazole rings is 1. The summed E-state index contributed by atoms with van der Waals surface area (Å²) in [6.45, 7) is 3.41. The van der Waals surface area contributed by atoms with Crippen molar-refractivity contribution in [3.63, 3.8) is 0 Å². The van der Waals surface area contributed by atoms with E-state index >= 15 is 0 Å². The fourth-order valence-corrected chi connectivity index (χ4v) is 5.17. The third kappa shape index (κ3) is 4.17. The molecule has 1 aromatic heterocycles. The van der Waals surface area contributed by atoms with Crippen molar-refractivity contribution in [1.29, 1.82) is 0 Å². The van der Waals surface area contributed by atoms with Gasteiger partial charge >= 0.3 is 0 Å². The van der Waals surface area contributed by atoms with Gasteiger partial charge in [-0.05, 0) is 31.9 Å². The Morgan fingerprint density at radius 1 is 1.33 bits per heavy atom. The molecule has 0 saturated heterocycles. The number of hydrogen-bond donors (Lipinski definition) is 1. The minimum absolute atomic E-state index is 0.151. The van der Waals surface area contributed by atoms with E-state index in [4.69, 9.17) is 23.2 Å². The number of nitrogens with one attached hydrogen (secondary N) is 1. The number of nitrogens with zero attached hydrogens (tertiary/aromatic N) is 1. The molecule has 0 aliphatic carbocycles. The second-order valence-corrected chi connectivity index (χ2v) is 8.56. The van der Waals surface area contributed by atoms with Gasteiger partial charge in [-0.3, -0.25) is 0 Å². The van der Waals surface area contributed by atoms with Crippen molar-refractivity contribution in [2.24, 2.45) is 0 Å². The van der Waals surface area contributed by atoms with Crippen LogP contribution in [0.25, 0.3) is 0 Å². The highest BCUT2D eigenvalue weighted by Crippen LogP contribution is 2.27. The number of hydrogen-bond acceptors (Lipinski definition) is 4. The van der Waals surface area contributed by atoms with Crippen molar-refractivity contribution in [3.05, 3.63) is 45.0 Å². The highest BCUT2D eigenvalue weighted by molar-refractivity contribution is 7.91. The smallest absolute Gasteiger partial charge is 0.229 e. The SMILES string of the molecule is Cc1nc(Cl)sc1S(=O)(=O)NC(C)Cc1ccccc1Cl. The minimum atomic E-state index is -3.62. The van der Waals surface area contributed by atoms with E-state index in [1.165, 1.54) is 0 Å². The molecule has 0 spiro atoms. The van der Waals surface area contributed by atoms with Crippen molar-refractivity contribution >= 4 is 44.6 Å².